The standard InChI is InChI=1S/C98H58F3N15/c1-102-79-59-84(115-80-54-68(94-107-86(60-28-10-2-11-29-60)103-87(108-94)61-30-12-3-13-31-61)46-50-73(80)74-51-47-69(55-81(74)115)95-109-88(62-32-14-4-15-33-62)104-89(110-95)63-34-16-5-17-35-63)77(72-44-26-27-45-78(72)98(99,100)101)58-85(79)116-82-56-70(96-111-90(64-36-18-6-19-37-64)105-91(112-96)65-38-20-7-21-39-65)48-52-75(82)76-53-49-71(57-83(76)116)97-113-92(66-40-22-8-23-41-66)106-93(114-97)67-42-24-9-25-43-67/h2-59H. The van der Waals surface area contributed by atoms with Gasteiger partial charge in [-0.1, -0.05) is 309 Å². The Morgan fingerprint density at radius 1 is 0.216 bits per heavy atom. The number of alkyl halides is 3. The van der Waals surface area contributed by atoms with Gasteiger partial charge in [0.2, 0.25) is 5.69 Å². The van der Waals surface area contributed by atoms with Crippen LogP contribution in [-0.2, 0) is 6.18 Å². The molecule has 0 radical (unpaired) electrons. The Labute approximate surface area is 661 Å². The van der Waals surface area contributed by atoms with E-state index in [4.69, 9.17) is 59.8 Å². The highest BCUT2D eigenvalue weighted by Gasteiger charge is 2.35. The maximum Gasteiger partial charge on any atom is 0.417 e. The van der Waals surface area contributed by atoms with E-state index in [-0.39, 0.29) is 28.2 Å². The van der Waals surface area contributed by atoms with Crippen LogP contribution in [0.5, 0.6) is 0 Å². The molecule has 546 valence electrons. The lowest BCUT2D eigenvalue weighted by atomic mass is 9.96. The van der Waals surface area contributed by atoms with Gasteiger partial charge in [-0.3, -0.25) is 0 Å². The topological polar surface area (TPSA) is 169 Å². The molecule has 0 atom stereocenters. The van der Waals surface area contributed by atoms with Crippen molar-refractivity contribution < 1.29 is 13.2 Å². The smallest absolute Gasteiger partial charge is 0.319 e. The maximum absolute atomic E-state index is 16.6. The van der Waals surface area contributed by atoms with Gasteiger partial charge in [-0.05, 0) is 48.0 Å². The van der Waals surface area contributed by atoms with Crippen LogP contribution in [0.25, 0.3) is 208 Å². The SMILES string of the molecule is [C-]#[N+]c1cc(-n2c3cc(-c4nc(-c5ccccc5)nc(-c5ccccc5)n4)ccc3c3ccc(-c4nc(-c5ccccc5)nc(-c5ccccc5)n4)cc32)c(-c2ccccc2C(F)(F)F)cc1-n1c2cc(-c3nc(-c4ccccc4)nc(-c4ccccc4)n3)ccc2c2ccc(-c3nc(-c4ccccc4)nc(-c4ccccc4)n3)cc21. The Kier molecular flexibility index (Phi) is 17.3. The zero-order valence-electron chi connectivity index (χ0n) is 61.3. The molecular formula is C98H58F3N15. The van der Waals surface area contributed by atoms with Gasteiger partial charge in [0.25, 0.3) is 0 Å². The summed E-state index contributed by atoms with van der Waals surface area (Å²) in [5, 5.41) is 2.94. The molecular weight excluding hydrogens is 1440 g/mol. The largest absolute Gasteiger partial charge is 0.417 e. The van der Waals surface area contributed by atoms with Crippen LogP contribution in [0.1, 0.15) is 5.56 Å². The summed E-state index contributed by atoms with van der Waals surface area (Å²) in [6, 6.07) is 110. The lowest BCUT2D eigenvalue weighted by Gasteiger charge is -2.21. The second kappa shape index (κ2) is 29.0. The lowest BCUT2D eigenvalue weighted by molar-refractivity contribution is -0.137. The van der Waals surface area contributed by atoms with Crippen LogP contribution in [-0.4, -0.2) is 68.9 Å². The zero-order valence-corrected chi connectivity index (χ0v) is 61.3. The lowest BCUT2D eigenvalue weighted by Crippen LogP contribution is -2.09. The normalized spacial score (nSPS) is 11.6. The van der Waals surface area contributed by atoms with E-state index in [1.165, 1.54) is 12.1 Å². The second-order valence-electron chi connectivity index (χ2n) is 27.8. The van der Waals surface area contributed by atoms with Crippen molar-refractivity contribution in [1.29, 1.82) is 0 Å². The first-order chi connectivity index (χ1) is 57.0. The van der Waals surface area contributed by atoms with Crippen LogP contribution in [0.15, 0.2) is 352 Å². The molecule has 0 N–H and O–H groups in total. The molecule has 20 aromatic rings. The molecule has 0 aliphatic heterocycles. The van der Waals surface area contributed by atoms with E-state index in [1.807, 2.05) is 325 Å². The average Bonchev–Trinajstić information content (AvgIpc) is 1.55. The van der Waals surface area contributed by atoms with Crippen molar-refractivity contribution in [2.24, 2.45) is 0 Å². The molecule has 0 fully saturated rings. The summed E-state index contributed by atoms with van der Waals surface area (Å²) in [4.78, 5) is 66.0. The number of halogens is 3. The minimum absolute atomic E-state index is 0.0795. The van der Waals surface area contributed by atoms with E-state index in [0.717, 1.165) is 72.1 Å². The molecule has 15 nitrogen and oxygen atoms in total. The van der Waals surface area contributed by atoms with Crippen LogP contribution in [0.2, 0.25) is 0 Å². The van der Waals surface area contributed by atoms with E-state index < -0.39 is 11.7 Å². The van der Waals surface area contributed by atoms with Crippen LogP contribution < -0.4 is 0 Å². The van der Waals surface area contributed by atoms with Gasteiger partial charge in [0.15, 0.2) is 69.9 Å². The van der Waals surface area contributed by atoms with E-state index in [1.54, 1.807) is 18.2 Å². The van der Waals surface area contributed by atoms with Crippen molar-refractivity contribution in [3.63, 3.8) is 0 Å². The van der Waals surface area contributed by atoms with E-state index in [2.05, 4.69) is 4.85 Å². The Balaban J connectivity index is 0.886. The quantitative estimate of drug-likeness (QED) is 0.0892. The summed E-state index contributed by atoms with van der Waals surface area (Å²) < 4.78 is 53.6. The van der Waals surface area contributed by atoms with Crippen LogP contribution in [0.3, 0.4) is 0 Å². The second-order valence-corrected chi connectivity index (χ2v) is 27.8. The van der Waals surface area contributed by atoms with Gasteiger partial charge in [0.05, 0.1) is 39.9 Å². The van der Waals surface area contributed by atoms with Crippen molar-refractivity contribution in [2.45, 2.75) is 6.18 Å². The Bertz CT molecular complexity index is 6640. The molecule has 0 amide bonds. The molecule has 20 rings (SSSR count). The molecule has 6 aromatic heterocycles. The molecule has 0 aliphatic rings. The van der Waals surface area contributed by atoms with Gasteiger partial charge in [-0.2, -0.15) is 13.2 Å². The van der Waals surface area contributed by atoms with Crippen molar-refractivity contribution >= 4 is 49.3 Å². The first kappa shape index (κ1) is 69.2. The highest BCUT2D eigenvalue weighted by Crippen LogP contribution is 2.48. The first-order valence-corrected chi connectivity index (χ1v) is 37.4. The number of nitrogens with zero attached hydrogens (tertiary/aromatic N) is 15. The summed E-state index contributed by atoms with van der Waals surface area (Å²) in [6.45, 7) is 9.62. The zero-order chi connectivity index (χ0) is 77.8. The third-order valence-corrected chi connectivity index (χ3v) is 20.6. The number of hydrogen-bond acceptors (Lipinski definition) is 12. The average molecular weight is 1500 g/mol. The third kappa shape index (κ3) is 12.9. The van der Waals surface area contributed by atoms with Crippen molar-refractivity contribution in [2.75, 3.05) is 0 Å². The Hall–Kier alpha value is -16.0. The van der Waals surface area contributed by atoms with Gasteiger partial charge in [-0.15, -0.1) is 0 Å². The van der Waals surface area contributed by atoms with Gasteiger partial charge in [0.1, 0.15) is 0 Å². The van der Waals surface area contributed by atoms with Gasteiger partial charge < -0.3 is 9.13 Å². The molecule has 0 unspecified atom stereocenters. The van der Waals surface area contributed by atoms with Crippen LogP contribution >= 0.6 is 0 Å². The van der Waals surface area contributed by atoms with Gasteiger partial charge in [0, 0.05) is 99.6 Å². The minimum atomic E-state index is -4.90. The fraction of sp³-hybridized carbons (Fsp3) is 0.0102. The molecule has 0 bridgehead atoms. The monoisotopic (exact) mass is 1500 g/mol. The predicted molar refractivity (Wildman–Crippen MR) is 451 cm³/mol. The van der Waals surface area contributed by atoms with Crippen molar-refractivity contribution in [3.8, 4) is 159 Å². The van der Waals surface area contributed by atoms with E-state index in [9.17, 15) is 6.57 Å². The number of aromatic nitrogens is 14. The van der Waals surface area contributed by atoms with E-state index >= 15 is 13.2 Å². The number of rotatable bonds is 15. The maximum atomic E-state index is 16.6. The fourth-order valence-corrected chi connectivity index (χ4v) is 15.1. The molecule has 116 heavy (non-hydrogen) atoms. The van der Waals surface area contributed by atoms with Crippen LogP contribution in [0.4, 0.5) is 18.9 Å². The third-order valence-electron chi connectivity index (χ3n) is 20.6. The molecule has 14 aromatic carbocycles. The fourth-order valence-electron chi connectivity index (χ4n) is 15.1. The molecule has 0 saturated carbocycles. The van der Waals surface area contributed by atoms with Gasteiger partial charge >= 0.3 is 6.18 Å². The first-order valence-electron chi connectivity index (χ1n) is 37.4. The Morgan fingerprint density at radius 3 is 0.664 bits per heavy atom. The molecule has 0 aliphatic carbocycles. The highest BCUT2D eigenvalue weighted by atomic mass is 19.4. The summed E-state index contributed by atoms with van der Waals surface area (Å²) >= 11 is 0. The predicted octanol–water partition coefficient (Wildman–Crippen LogP) is 23.9. The van der Waals surface area contributed by atoms with Crippen LogP contribution in [0, 0.1) is 6.57 Å². The molecule has 18 heteroatoms. The summed E-state index contributed by atoms with van der Waals surface area (Å²) in [6.07, 6.45) is -4.90. The number of benzene rings is 14. The van der Waals surface area contributed by atoms with E-state index in [0.29, 0.717) is 114 Å². The molecule has 0 saturated heterocycles. The van der Waals surface area contributed by atoms with Crippen molar-refractivity contribution in [1.82, 2.24) is 68.9 Å². The number of fused-ring (bicyclic) bond motifs is 6. The molecule has 0 spiro atoms. The highest BCUT2D eigenvalue weighted by molar-refractivity contribution is 6.14. The molecule has 6 heterocycles. The minimum Gasteiger partial charge on any atom is -0.319 e. The summed E-state index contributed by atoms with van der Waals surface area (Å²) in [5.41, 5.74) is 10.3. The summed E-state index contributed by atoms with van der Waals surface area (Å²) in [7, 11) is 0. The summed E-state index contributed by atoms with van der Waals surface area (Å²) in [5.74, 6) is 4.85. The Morgan fingerprint density at radius 2 is 0.431 bits per heavy atom. The number of hydrogen-bond donors (Lipinski definition) is 0. The van der Waals surface area contributed by atoms with Gasteiger partial charge in [-0.25, -0.2) is 64.7 Å². The van der Waals surface area contributed by atoms with Crippen molar-refractivity contribution in [3.05, 3.63) is 369 Å².